The van der Waals surface area contributed by atoms with Crippen LogP contribution in [0.15, 0.2) is 48.5 Å². The zero-order valence-corrected chi connectivity index (χ0v) is 13.7. The standard InChI is InChI=1S/C18H16ClNO4/c1-12-10-14(19)5-8-16(12)20-17(21)11-24-15-6-2-13(3-7-15)4-9-18(22)23/h2-10H,11H2,1H3,(H,20,21)(H,22,23)/p-1/b9-4+. The van der Waals surface area contributed by atoms with Gasteiger partial charge < -0.3 is 20.0 Å². The number of aryl methyl sites for hydroxylation is 1. The molecular weight excluding hydrogens is 330 g/mol. The molecular formula is C18H15ClNO4-. The molecule has 0 heterocycles. The van der Waals surface area contributed by atoms with E-state index in [2.05, 4.69) is 5.32 Å². The molecule has 0 fully saturated rings. The highest BCUT2D eigenvalue weighted by Crippen LogP contribution is 2.19. The van der Waals surface area contributed by atoms with Gasteiger partial charge >= 0.3 is 0 Å². The number of halogens is 1. The van der Waals surface area contributed by atoms with Crippen molar-refractivity contribution in [3.8, 4) is 5.75 Å². The summed E-state index contributed by atoms with van der Waals surface area (Å²) in [4.78, 5) is 22.3. The summed E-state index contributed by atoms with van der Waals surface area (Å²) in [6, 6.07) is 11.8. The lowest BCUT2D eigenvalue weighted by Gasteiger charge is -2.10. The summed E-state index contributed by atoms with van der Waals surface area (Å²) in [5.74, 6) is -1.05. The molecule has 5 nitrogen and oxygen atoms in total. The Kier molecular flexibility index (Phi) is 5.98. The van der Waals surface area contributed by atoms with Gasteiger partial charge in [0.1, 0.15) is 5.75 Å². The summed E-state index contributed by atoms with van der Waals surface area (Å²) in [5.41, 5.74) is 2.23. The van der Waals surface area contributed by atoms with E-state index in [4.69, 9.17) is 16.3 Å². The van der Waals surface area contributed by atoms with Gasteiger partial charge in [-0.05, 0) is 54.5 Å². The van der Waals surface area contributed by atoms with Crippen LogP contribution >= 0.6 is 11.6 Å². The van der Waals surface area contributed by atoms with Gasteiger partial charge in [0.15, 0.2) is 6.61 Å². The minimum atomic E-state index is -1.26. The van der Waals surface area contributed by atoms with Gasteiger partial charge in [0.05, 0.1) is 5.97 Å². The van der Waals surface area contributed by atoms with Crippen LogP contribution in [0.25, 0.3) is 6.08 Å². The van der Waals surface area contributed by atoms with Gasteiger partial charge in [-0.2, -0.15) is 0 Å². The Balaban J connectivity index is 1.88. The largest absolute Gasteiger partial charge is 0.545 e. The van der Waals surface area contributed by atoms with Crippen molar-refractivity contribution in [3.05, 3.63) is 64.7 Å². The average molecular weight is 345 g/mol. The van der Waals surface area contributed by atoms with Gasteiger partial charge in [-0.1, -0.05) is 29.8 Å². The van der Waals surface area contributed by atoms with E-state index in [0.717, 1.165) is 11.6 Å². The number of benzene rings is 2. The van der Waals surface area contributed by atoms with Crippen LogP contribution in [0.1, 0.15) is 11.1 Å². The highest BCUT2D eigenvalue weighted by molar-refractivity contribution is 6.30. The number of carboxylic acid groups (broad SMARTS) is 1. The Bertz CT molecular complexity index is 769. The molecule has 0 aliphatic heterocycles. The highest BCUT2D eigenvalue weighted by atomic mass is 35.5. The number of ether oxygens (including phenoxy) is 1. The van der Waals surface area contributed by atoms with Crippen LogP contribution in [0.3, 0.4) is 0 Å². The Labute approximate surface area is 144 Å². The number of hydrogen-bond acceptors (Lipinski definition) is 4. The molecule has 1 amide bonds. The first-order valence-electron chi connectivity index (χ1n) is 7.12. The molecule has 0 saturated heterocycles. The molecule has 124 valence electrons. The zero-order valence-electron chi connectivity index (χ0n) is 12.9. The number of aliphatic carboxylic acids is 1. The minimum Gasteiger partial charge on any atom is -0.545 e. The summed E-state index contributed by atoms with van der Waals surface area (Å²) >= 11 is 5.87. The molecule has 1 N–H and O–H groups in total. The maximum absolute atomic E-state index is 11.9. The Morgan fingerprint density at radius 3 is 2.54 bits per heavy atom. The van der Waals surface area contributed by atoms with E-state index in [-0.39, 0.29) is 12.5 Å². The van der Waals surface area contributed by atoms with Crippen molar-refractivity contribution in [1.29, 1.82) is 0 Å². The lowest BCUT2D eigenvalue weighted by molar-refractivity contribution is -0.297. The smallest absolute Gasteiger partial charge is 0.262 e. The maximum Gasteiger partial charge on any atom is 0.262 e. The van der Waals surface area contributed by atoms with Gasteiger partial charge in [-0.15, -0.1) is 0 Å². The van der Waals surface area contributed by atoms with Crippen molar-refractivity contribution in [1.82, 2.24) is 0 Å². The van der Waals surface area contributed by atoms with Crippen LogP contribution in [0, 0.1) is 6.92 Å². The lowest BCUT2D eigenvalue weighted by atomic mass is 10.2. The molecule has 6 heteroatoms. The fourth-order valence-corrected chi connectivity index (χ4v) is 2.17. The normalized spacial score (nSPS) is 10.6. The first kappa shape index (κ1) is 17.6. The van der Waals surface area contributed by atoms with E-state index < -0.39 is 5.97 Å². The molecule has 0 bridgehead atoms. The second-order valence-electron chi connectivity index (χ2n) is 5.02. The molecule has 2 aromatic carbocycles. The summed E-state index contributed by atoms with van der Waals surface area (Å²) in [6.07, 6.45) is 2.35. The van der Waals surface area contributed by atoms with E-state index in [0.29, 0.717) is 22.0 Å². The second kappa shape index (κ2) is 8.17. The molecule has 24 heavy (non-hydrogen) atoms. The highest BCUT2D eigenvalue weighted by Gasteiger charge is 2.06. The van der Waals surface area contributed by atoms with E-state index in [1.807, 2.05) is 6.92 Å². The molecule has 0 saturated carbocycles. The van der Waals surface area contributed by atoms with Crippen molar-refractivity contribution in [2.75, 3.05) is 11.9 Å². The molecule has 0 spiro atoms. The number of carboxylic acids is 1. The summed E-state index contributed by atoms with van der Waals surface area (Å²) in [6.45, 7) is 1.71. The third-order valence-corrected chi connectivity index (χ3v) is 3.36. The Morgan fingerprint density at radius 2 is 1.92 bits per heavy atom. The van der Waals surface area contributed by atoms with E-state index in [1.54, 1.807) is 42.5 Å². The number of carbonyl (C=O) groups is 2. The monoisotopic (exact) mass is 344 g/mol. The molecule has 0 unspecified atom stereocenters. The summed E-state index contributed by atoms with van der Waals surface area (Å²) in [5, 5.41) is 13.7. The number of amides is 1. The van der Waals surface area contributed by atoms with Crippen molar-refractivity contribution in [3.63, 3.8) is 0 Å². The van der Waals surface area contributed by atoms with Crippen LogP contribution in [-0.2, 0) is 9.59 Å². The molecule has 0 radical (unpaired) electrons. The van der Waals surface area contributed by atoms with Gasteiger partial charge in [0.2, 0.25) is 0 Å². The fraction of sp³-hybridized carbons (Fsp3) is 0.111. The third-order valence-electron chi connectivity index (χ3n) is 3.12. The number of hydrogen-bond donors (Lipinski definition) is 1. The second-order valence-corrected chi connectivity index (χ2v) is 5.45. The van der Waals surface area contributed by atoms with Crippen molar-refractivity contribution in [2.24, 2.45) is 0 Å². The Morgan fingerprint density at radius 1 is 1.21 bits per heavy atom. The number of carbonyl (C=O) groups excluding carboxylic acids is 2. The van der Waals surface area contributed by atoms with E-state index in [1.165, 1.54) is 6.08 Å². The van der Waals surface area contributed by atoms with Crippen LogP contribution in [0.4, 0.5) is 5.69 Å². The van der Waals surface area contributed by atoms with Gasteiger partial charge in [-0.25, -0.2) is 0 Å². The lowest BCUT2D eigenvalue weighted by Crippen LogP contribution is -2.20. The van der Waals surface area contributed by atoms with Crippen molar-refractivity contribution < 1.29 is 19.4 Å². The SMILES string of the molecule is Cc1cc(Cl)ccc1NC(=O)COc1ccc(/C=C/C(=O)[O-])cc1. The van der Waals surface area contributed by atoms with Gasteiger partial charge in [-0.3, -0.25) is 4.79 Å². The zero-order chi connectivity index (χ0) is 17.5. The molecule has 0 aromatic heterocycles. The van der Waals surface area contributed by atoms with Crippen molar-refractivity contribution in [2.45, 2.75) is 6.92 Å². The molecule has 0 atom stereocenters. The van der Waals surface area contributed by atoms with Gasteiger partial charge in [0.25, 0.3) is 5.91 Å². The van der Waals surface area contributed by atoms with Crippen molar-refractivity contribution >= 4 is 35.2 Å². The molecule has 0 aliphatic rings. The molecule has 2 aromatic rings. The van der Waals surface area contributed by atoms with Gasteiger partial charge in [0, 0.05) is 10.7 Å². The molecule has 0 aliphatic carbocycles. The fourth-order valence-electron chi connectivity index (χ4n) is 1.94. The number of nitrogens with one attached hydrogen (secondary N) is 1. The summed E-state index contributed by atoms with van der Waals surface area (Å²) in [7, 11) is 0. The van der Waals surface area contributed by atoms with Crippen LogP contribution in [0.5, 0.6) is 5.75 Å². The quantitative estimate of drug-likeness (QED) is 0.816. The number of rotatable bonds is 6. The third kappa shape index (κ3) is 5.44. The van der Waals surface area contributed by atoms with Crippen LogP contribution < -0.4 is 15.2 Å². The predicted molar refractivity (Wildman–Crippen MR) is 90.8 cm³/mol. The van der Waals surface area contributed by atoms with E-state index >= 15 is 0 Å². The number of anilines is 1. The Hall–Kier alpha value is -2.79. The average Bonchev–Trinajstić information content (AvgIpc) is 2.54. The first-order valence-corrected chi connectivity index (χ1v) is 7.50. The van der Waals surface area contributed by atoms with Crippen LogP contribution in [0.2, 0.25) is 5.02 Å². The minimum absolute atomic E-state index is 0.143. The van der Waals surface area contributed by atoms with Crippen LogP contribution in [-0.4, -0.2) is 18.5 Å². The maximum atomic E-state index is 11.9. The molecule has 2 rings (SSSR count). The first-order chi connectivity index (χ1) is 11.4. The van der Waals surface area contributed by atoms with E-state index in [9.17, 15) is 14.7 Å². The topological polar surface area (TPSA) is 78.5 Å². The summed E-state index contributed by atoms with van der Waals surface area (Å²) < 4.78 is 5.39. The predicted octanol–water partition coefficient (Wildman–Crippen LogP) is 2.43.